The fraction of sp³-hybridized carbons (Fsp3) is 1.00. The van der Waals surface area contributed by atoms with Crippen LogP contribution in [0.2, 0.25) is 13.3 Å². The zero-order valence-corrected chi connectivity index (χ0v) is 11.1. The van der Waals surface area contributed by atoms with Crippen molar-refractivity contribution in [2.24, 2.45) is 0 Å². The summed E-state index contributed by atoms with van der Waals surface area (Å²) >= 11 is -0.735. The van der Waals surface area contributed by atoms with Gasteiger partial charge in [0.2, 0.25) is 0 Å². The van der Waals surface area contributed by atoms with Gasteiger partial charge in [0, 0.05) is 0 Å². The Kier molecular flexibility index (Phi) is 14.0. The topological polar surface area (TPSA) is 31.5 Å². The molecule has 2 heteroatoms. The van der Waals surface area contributed by atoms with Crippen LogP contribution in [0.25, 0.3) is 0 Å². The maximum atomic E-state index is 2.39. The van der Waals surface area contributed by atoms with Gasteiger partial charge in [-0.2, -0.15) is 0 Å². The Morgan fingerprint density at radius 2 is 1.45 bits per heavy atom. The molecule has 0 saturated heterocycles. The first kappa shape index (κ1) is 14.3. The summed E-state index contributed by atoms with van der Waals surface area (Å²) < 4.78 is 4.80. The molecule has 1 radical (unpaired) electrons. The molecule has 69 valence electrons. The number of hydrogen-bond donors (Lipinski definition) is 0. The smallest absolute Gasteiger partial charge is 0.412 e. The van der Waals surface area contributed by atoms with Crippen molar-refractivity contribution in [3.05, 3.63) is 0 Å². The summed E-state index contributed by atoms with van der Waals surface area (Å²) in [4.78, 5) is 0. The van der Waals surface area contributed by atoms with Gasteiger partial charge in [0.1, 0.15) is 0 Å². The molecule has 0 fully saturated rings. The molecule has 0 atom stereocenters. The summed E-state index contributed by atoms with van der Waals surface area (Å²) in [7, 11) is 0. The first-order valence-corrected chi connectivity index (χ1v) is 10.7. The van der Waals surface area contributed by atoms with E-state index in [1.165, 1.54) is 19.3 Å². The predicted octanol–water partition coefficient (Wildman–Crippen LogP) is 2.89. The molecule has 0 aromatic heterocycles. The molecular weight excluding hydrogens is 243 g/mol. The normalized spacial score (nSPS) is 9.82. The van der Waals surface area contributed by atoms with E-state index in [1.807, 2.05) is 0 Å². The van der Waals surface area contributed by atoms with Crippen molar-refractivity contribution in [3.63, 3.8) is 0 Å². The SMILES string of the molecule is CCCC[CH2][Sn]([CH2]C)[CH2]C.O. The fourth-order valence-corrected chi connectivity index (χ4v) is 6.81. The van der Waals surface area contributed by atoms with Crippen LogP contribution in [0.4, 0.5) is 0 Å². The maximum Gasteiger partial charge on any atom is -0.412 e. The summed E-state index contributed by atoms with van der Waals surface area (Å²) in [5.41, 5.74) is 0. The van der Waals surface area contributed by atoms with Crippen LogP contribution in [0.5, 0.6) is 0 Å². The van der Waals surface area contributed by atoms with Gasteiger partial charge in [-0.15, -0.1) is 0 Å². The first-order chi connectivity index (χ1) is 4.85. The zero-order chi connectivity index (χ0) is 7.82. The van der Waals surface area contributed by atoms with Crippen LogP contribution in [-0.4, -0.2) is 25.2 Å². The van der Waals surface area contributed by atoms with Crippen LogP contribution in [0.3, 0.4) is 0 Å². The Morgan fingerprint density at radius 3 is 1.82 bits per heavy atom. The molecule has 0 aliphatic rings. The minimum absolute atomic E-state index is 0. The minimum Gasteiger partial charge on any atom is -0.412 e. The van der Waals surface area contributed by atoms with E-state index < -0.39 is 19.8 Å². The molecule has 11 heavy (non-hydrogen) atoms. The average Bonchev–Trinajstić information content (AvgIpc) is 1.99. The van der Waals surface area contributed by atoms with Crippen molar-refractivity contribution >= 4 is 19.8 Å². The van der Waals surface area contributed by atoms with E-state index in [0.717, 1.165) is 0 Å². The van der Waals surface area contributed by atoms with Gasteiger partial charge in [-0.3, -0.25) is 0 Å². The molecule has 0 aliphatic carbocycles. The first-order valence-electron chi connectivity index (χ1n) is 4.68. The quantitative estimate of drug-likeness (QED) is 0.523. The van der Waals surface area contributed by atoms with E-state index in [4.69, 9.17) is 0 Å². The molecule has 0 aromatic carbocycles. The number of rotatable bonds is 6. The van der Waals surface area contributed by atoms with E-state index >= 15 is 0 Å². The molecule has 0 heterocycles. The molecule has 1 nitrogen and oxygen atoms in total. The Hall–Kier alpha value is 0.759. The van der Waals surface area contributed by atoms with Crippen LogP contribution >= 0.6 is 0 Å². The molecule has 0 saturated carbocycles. The van der Waals surface area contributed by atoms with Crippen LogP contribution in [0.1, 0.15) is 40.0 Å². The molecule has 0 aromatic rings. The maximum absolute atomic E-state index is 2.39. The Balaban J connectivity index is 0. The second kappa shape index (κ2) is 10.8. The van der Waals surface area contributed by atoms with Gasteiger partial charge in [-0.05, 0) is 0 Å². The summed E-state index contributed by atoms with van der Waals surface area (Å²) in [5.74, 6) is 0. The summed E-state index contributed by atoms with van der Waals surface area (Å²) in [6.45, 7) is 7.08. The van der Waals surface area contributed by atoms with Gasteiger partial charge in [0.15, 0.2) is 0 Å². The van der Waals surface area contributed by atoms with E-state index in [2.05, 4.69) is 20.8 Å². The third-order valence-corrected chi connectivity index (χ3v) is 10.9. The van der Waals surface area contributed by atoms with Gasteiger partial charge >= 0.3 is 73.1 Å². The van der Waals surface area contributed by atoms with Crippen molar-refractivity contribution in [1.82, 2.24) is 0 Å². The van der Waals surface area contributed by atoms with E-state index in [1.54, 1.807) is 13.3 Å². The molecule has 0 aliphatic heterocycles. The fourth-order valence-electron chi connectivity index (χ4n) is 1.23. The second-order valence-electron chi connectivity index (χ2n) is 2.91. The van der Waals surface area contributed by atoms with Gasteiger partial charge in [-0.25, -0.2) is 0 Å². The van der Waals surface area contributed by atoms with Crippen molar-refractivity contribution in [3.8, 4) is 0 Å². The van der Waals surface area contributed by atoms with Crippen LogP contribution in [0, 0.1) is 0 Å². The van der Waals surface area contributed by atoms with Crippen molar-refractivity contribution in [2.75, 3.05) is 0 Å². The molecular formula is C9H23OSn. The summed E-state index contributed by atoms with van der Waals surface area (Å²) in [5, 5.41) is 0. The van der Waals surface area contributed by atoms with Gasteiger partial charge in [0.25, 0.3) is 0 Å². The Morgan fingerprint density at radius 1 is 0.909 bits per heavy atom. The third-order valence-electron chi connectivity index (χ3n) is 2.13. The summed E-state index contributed by atoms with van der Waals surface area (Å²) in [6.07, 6.45) is 4.40. The van der Waals surface area contributed by atoms with Crippen molar-refractivity contribution in [2.45, 2.75) is 53.3 Å². The van der Waals surface area contributed by atoms with Crippen LogP contribution in [-0.2, 0) is 0 Å². The second-order valence-corrected chi connectivity index (χ2v) is 12.7. The van der Waals surface area contributed by atoms with Gasteiger partial charge < -0.3 is 5.48 Å². The van der Waals surface area contributed by atoms with E-state index in [0.29, 0.717) is 0 Å². The Bertz CT molecular complexity index is 62.6. The molecule has 0 spiro atoms. The average molecular weight is 266 g/mol. The standard InChI is InChI=1S/C5H11.2C2H5.H2O.Sn/c1-3-5-4-2;2*1-2;;/h1,3-5H2,2H3;2*1H2,2H3;1H2;. The van der Waals surface area contributed by atoms with Crippen LogP contribution in [0.15, 0.2) is 0 Å². The third kappa shape index (κ3) is 8.67. The molecule has 0 rings (SSSR count). The summed E-state index contributed by atoms with van der Waals surface area (Å²) in [6, 6.07) is 0. The number of unbranched alkanes of at least 4 members (excludes halogenated alkanes) is 2. The van der Waals surface area contributed by atoms with E-state index in [-0.39, 0.29) is 5.48 Å². The van der Waals surface area contributed by atoms with Gasteiger partial charge in [0.05, 0.1) is 0 Å². The molecule has 0 amide bonds. The predicted molar refractivity (Wildman–Crippen MR) is 54.7 cm³/mol. The van der Waals surface area contributed by atoms with Crippen LogP contribution < -0.4 is 0 Å². The van der Waals surface area contributed by atoms with Crippen molar-refractivity contribution in [1.29, 1.82) is 0 Å². The van der Waals surface area contributed by atoms with E-state index in [9.17, 15) is 0 Å². The van der Waals surface area contributed by atoms with Gasteiger partial charge in [-0.1, -0.05) is 0 Å². The van der Waals surface area contributed by atoms with Crippen molar-refractivity contribution < 1.29 is 5.48 Å². The molecule has 2 N–H and O–H groups in total. The zero-order valence-electron chi connectivity index (χ0n) is 8.24. The monoisotopic (exact) mass is 267 g/mol. The largest absolute Gasteiger partial charge is 0.412 e. The number of hydrogen-bond acceptors (Lipinski definition) is 0. The molecule has 0 unspecified atom stereocenters. The Labute approximate surface area is 78.6 Å². The minimum atomic E-state index is -0.735. The molecule has 0 bridgehead atoms.